The first-order valence-corrected chi connectivity index (χ1v) is 8.32. The summed E-state index contributed by atoms with van der Waals surface area (Å²) in [6.45, 7) is 1.80. The highest BCUT2D eigenvalue weighted by molar-refractivity contribution is 8.00. The molecule has 10 heteroatoms. The largest absolute Gasteiger partial charge is 0.494 e. The summed E-state index contributed by atoms with van der Waals surface area (Å²) in [6, 6.07) is 5.17. The van der Waals surface area contributed by atoms with E-state index in [-0.39, 0.29) is 18.4 Å². The molecule has 0 radical (unpaired) electrons. The van der Waals surface area contributed by atoms with Crippen LogP contribution >= 0.6 is 11.8 Å². The second kappa shape index (κ2) is 6.87. The van der Waals surface area contributed by atoms with E-state index in [1.807, 2.05) is 0 Å². The standard InChI is InChI=1S/C14H16N6O3S/c1-9-16-17-18-20(9)11-5-10(3-4-12(11)23-2)15-13(21)6-19-8-24-7-14(19)22/h3-5H,6-8H2,1-2H3,(H,15,21). The Morgan fingerprint density at radius 3 is 2.92 bits per heavy atom. The number of rotatable bonds is 5. The molecule has 9 nitrogen and oxygen atoms in total. The van der Waals surface area contributed by atoms with E-state index in [2.05, 4.69) is 20.8 Å². The molecular weight excluding hydrogens is 332 g/mol. The first kappa shape index (κ1) is 16.2. The lowest BCUT2D eigenvalue weighted by atomic mass is 10.2. The minimum Gasteiger partial charge on any atom is -0.494 e. The second-order valence-electron chi connectivity index (χ2n) is 5.14. The number of ether oxygens (including phenoxy) is 1. The van der Waals surface area contributed by atoms with Gasteiger partial charge in [0.1, 0.15) is 18.0 Å². The third-order valence-corrected chi connectivity index (χ3v) is 4.42. The fraction of sp³-hybridized carbons (Fsp3) is 0.357. The summed E-state index contributed by atoms with van der Waals surface area (Å²) in [5, 5.41) is 14.2. The first-order valence-electron chi connectivity index (χ1n) is 7.17. The Hall–Kier alpha value is -2.62. The van der Waals surface area contributed by atoms with Gasteiger partial charge in [0.25, 0.3) is 0 Å². The SMILES string of the molecule is COc1ccc(NC(=O)CN2CSCC2=O)cc1-n1nnnc1C. The molecule has 0 unspecified atom stereocenters. The number of anilines is 1. The van der Waals surface area contributed by atoms with Crippen molar-refractivity contribution in [2.75, 3.05) is 30.6 Å². The van der Waals surface area contributed by atoms with Crippen molar-refractivity contribution in [1.29, 1.82) is 0 Å². The summed E-state index contributed by atoms with van der Waals surface area (Å²) in [7, 11) is 1.55. The summed E-state index contributed by atoms with van der Waals surface area (Å²) >= 11 is 1.50. The number of carbonyl (C=O) groups is 2. The van der Waals surface area contributed by atoms with Gasteiger partial charge >= 0.3 is 0 Å². The topological polar surface area (TPSA) is 102 Å². The van der Waals surface area contributed by atoms with Gasteiger partial charge in [-0.1, -0.05) is 0 Å². The Bertz CT molecular complexity index is 778. The number of tetrazole rings is 1. The predicted octanol–water partition coefficient (Wildman–Crippen LogP) is 0.451. The molecule has 0 bridgehead atoms. The van der Waals surface area contributed by atoms with Crippen LogP contribution in [0.2, 0.25) is 0 Å². The van der Waals surface area contributed by atoms with Gasteiger partial charge in [-0.2, -0.15) is 4.68 Å². The number of nitrogens with one attached hydrogen (secondary N) is 1. The maximum atomic E-state index is 12.1. The van der Waals surface area contributed by atoms with Crippen LogP contribution in [0.15, 0.2) is 18.2 Å². The highest BCUT2D eigenvalue weighted by atomic mass is 32.2. The zero-order valence-electron chi connectivity index (χ0n) is 13.2. The van der Waals surface area contributed by atoms with Crippen molar-refractivity contribution in [3.63, 3.8) is 0 Å². The first-order chi connectivity index (χ1) is 11.6. The highest BCUT2D eigenvalue weighted by Gasteiger charge is 2.23. The predicted molar refractivity (Wildman–Crippen MR) is 88.1 cm³/mol. The van der Waals surface area contributed by atoms with Crippen molar-refractivity contribution >= 4 is 29.3 Å². The molecule has 1 aromatic carbocycles. The summed E-state index contributed by atoms with van der Waals surface area (Å²) in [4.78, 5) is 25.2. The Morgan fingerprint density at radius 2 is 2.29 bits per heavy atom. The van der Waals surface area contributed by atoms with Crippen LogP contribution in [0.3, 0.4) is 0 Å². The normalized spacial score (nSPS) is 14.1. The maximum Gasteiger partial charge on any atom is 0.244 e. The van der Waals surface area contributed by atoms with Crippen LogP contribution in [0.1, 0.15) is 5.82 Å². The van der Waals surface area contributed by atoms with E-state index in [9.17, 15) is 9.59 Å². The molecule has 0 atom stereocenters. The molecule has 1 N–H and O–H groups in total. The van der Waals surface area contributed by atoms with Gasteiger partial charge < -0.3 is 15.0 Å². The number of thioether (sulfide) groups is 1. The number of hydrogen-bond acceptors (Lipinski definition) is 7. The van der Waals surface area contributed by atoms with E-state index in [1.54, 1.807) is 32.2 Å². The lowest BCUT2D eigenvalue weighted by Gasteiger charge is -2.15. The minimum absolute atomic E-state index is 0.0186. The fourth-order valence-corrected chi connectivity index (χ4v) is 3.21. The van der Waals surface area contributed by atoms with Crippen LogP contribution < -0.4 is 10.1 Å². The number of aromatic nitrogens is 4. The zero-order valence-corrected chi connectivity index (χ0v) is 14.0. The van der Waals surface area contributed by atoms with E-state index in [4.69, 9.17) is 4.74 Å². The van der Waals surface area contributed by atoms with Gasteiger partial charge in [0.15, 0.2) is 5.82 Å². The molecular formula is C14H16N6O3S. The zero-order chi connectivity index (χ0) is 17.1. The Kier molecular flexibility index (Phi) is 4.65. The summed E-state index contributed by atoms with van der Waals surface area (Å²) in [5.74, 6) is 1.87. The molecule has 0 aliphatic carbocycles. The van der Waals surface area contributed by atoms with Gasteiger partial charge in [0.2, 0.25) is 11.8 Å². The number of methoxy groups -OCH3 is 1. The number of carbonyl (C=O) groups excluding carboxylic acids is 2. The third-order valence-electron chi connectivity index (χ3n) is 3.48. The number of hydrogen-bond donors (Lipinski definition) is 1. The van der Waals surface area contributed by atoms with E-state index >= 15 is 0 Å². The van der Waals surface area contributed by atoms with Gasteiger partial charge in [-0.05, 0) is 35.5 Å². The molecule has 1 aliphatic heterocycles. The Balaban J connectivity index is 1.78. The van der Waals surface area contributed by atoms with Crippen LogP contribution in [-0.2, 0) is 9.59 Å². The minimum atomic E-state index is -0.254. The summed E-state index contributed by atoms with van der Waals surface area (Å²) < 4.78 is 6.84. The molecule has 24 heavy (non-hydrogen) atoms. The lowest BCUT2D eigenvalue weighted by Crippen LogP contribution is -2.34. The van der Waals surface area contributed by atoms with Crippen LogP contribution in [-0.4, -0.2) is 62.2 Å². The van der Waals surface area contributed by atoms with E-state index < -0.39 is 0 Å². The number of benzene rings is 1. The summed E-state index contributed by atoms with van der Waals surface area (Å²) in [5.41, 5.74) is 1.19. The molecule has 126 valence electrons. The highest BCUT2D eigenvalue weighted by Crippen LogP contribution is 2.26. The van der Waals surface area contributed by atoms with Crippen molar-refractivity contribution in [2.45, 2.75) is 6.92 Å². The lowest BCUT2D eigenvalue weighted by molar-refractivity contribution is -0.130. The van der Waals surface area contributed by atoms with Crippen LogP contribution in [0.5, 0.6) is 5.75 Å². The van der Waals surface area contributed by atoms with Crippen LogP contribution in [0, 0.1) is 6.92 Å². The fourth-order valence-electron chi connectivity index (χ4n) is 2.30. The smallest absolute Gasteiger partial charge is 0.244 e. The molecule has 1 fully saturated rings. The second-order valence-corrected chi connectivity index (χ2v) is 6.10. The van der Waals surface area contributed by atoms with Crippen molar-refractivity contribution in [2.24, 2.45) is 0 Å². The van der Waals surface area contributed by atoms with Crippen LogP contribution in [0.4, 0.5) is 5.69 Å². The van der Waals surface area contributed by atoms with E-state index in [1.165, 1.54) is 21.3 Å². The third kappa shape index (κ3) is 3.32. The van der Waals surface area contributed by atoms with Gasteiger partial charge in [-0.3, -0.25) is 9.59 Å². The molecule has 1 saturated heterocycles. The molecule has 3 rings (SSSR count). The number of nitrogens with zero attached hydrogens (tertiary/aromatic N) is 5. The summed E-state index contributed by atoms with van der Waals surface area (Å²) in [6.07, 6.45) is 0. The van der Waals surface area contributed by atoms with E-state index in [0.717, 1.165) is 0 Å². The quantitative estimate of drug-likeness (QED) is 0.837. The van der Waals surface area contributed by atoms with Crippen LogP contribution in [0.25, 0.3) is 5.69 Å². The number of aryl methyl sites for hydroxylation is 1. The average Bonchev–Trinajstić information content (AvgIpc) is 3.16. The van der Waals surface area contributed by atoms with Crippen molar-refractivity contribution in [1.82, 2.24) is 25.1 Å². The number of amides is 2. The monoisotopic (exact) mass is 348 g/mol. The van der Waals surface area contributed by atoms with Crippen molar-refractivity contribution < 1.29 is 14.3 Å². The molecule has 0 spiro atoms. The maximum absolute atomic E-state index is 12.1. The molecule has 1 aromatic heterocycles. The Labute approximate surface area is 142 Å². The average molecular weight is 348 g/mol. The molecule has 2 amide bonds. The van der Waals surface area contributed by atoms with E-state index in [0.29, 0.717) is 34.6 Å². The van der Waals surface area contributed by atoms with Gasteiger partial charge in [-0.15, -0.1) is 16.9 Å². The molecule has 2 aromatic rings. The molecule has 1 aliphatic rings. The van der Waals surface area contributed by atoms with Gasteiger partial charge in [0, 0.05) is 5.69 Å². The molecule has 2 heterocycles. The van der Waals surface area contributed by atoms with Crippen molar-refractivity contribution in [3.8, 4) is 11.4 Å². The van der Waals surface area contributed by atoms with Gasteiger partial charge in [-0.25, -0.2) is 0 Å². The van der Waals surface area contributed by atoms with Crippen molar-refractivity contribution in [3.05, 3.63) is 24.0 Å². The molecule has 0 saturated carbocycles. The van der Waals surface area contributed by atoms with Gasteiger partial charge in [0.05, 0.1) is 18.7 Å². The Morgan fingerprint density at radius 1 is 1.46 bits per heavy atom.